The highest BCUT2D eigenvalue weighted by atomic mass is 16.4. The van der Waals surface area contributed by atoms with Crippen molar-refractivity contribution in [1.82, 2.24) is 4.90 Å². The van der Waals surface area contributed by atoms with E-state index in [1.165, 1.54) is 5.56 Å². The molecule has 128 valence electrons. The molecular formula is C21H21NO3. The molecular weight excluding hydrogens is 314 g/mol. The van der Waals surface area contributed by atoms with Crippen LogP contribution in [0.15, 0.2) is 54.6 Å². The lowest BCUT2D eigenvalue weighted by Gasteiger charge is -2.21. The Morgan fingerprint density at radius 2 is 1.68 bits per heavy atom. The summed E-state index contributed by atoms with van der Waals surface area (Å²) in [5, 5.41) is 9.63. The Bertz CT molecular complexity index is 802. The Morgan fingerprint density at radius 3 is 2.44 bits per heavy atom. The van der Waals surface area contributed by atoms with Crippen molar-refractivity contribution < 1.29 is 14.7 Å². The number of likely N-dealkylation sites (tertiary alicyclic amines) is 1. The Balaban J connectivity index is 1.58. The monoisotopic (exact) mass is 335 g/mol. The largest absolute Gasteiger partial charge is 0.481 e. The number of carbonyl (C=O) groups is 2. The Hall–Kier alpha value is -2.62. The molecule has 2 aromatic carbocycles. The van der Waals surface area contributed by atoms with E-state index in [1.807, 2.05) is 48.5 Å². The second-order valence-corrected chi connectivity index (χ2v) is 7.00. The third kappa shape index (κ3) is 2.82. The second kappa shape index (κ2) is 6.36. The minimum Gasteiger partial charge on any atom is -0.481 e. The number of amides is 1. The number of aliphatic carboxylic acids is 1. The normalized spacial score (nSPS) is 25.0. The zero-order chi connectivity index (χ0) is 17.4. The van der Waals surface area contributed by atoms with Gasteiger partial charge < -0.3 is 10.0 Å². The number of hydrogen-bond donors (Lipinski definition) is 1. The highest BCUT2D eigenvalue weighted by molar-refractivity contribution is 5.86. The molecule has 0 spiro atoms. The lowest BCUT2D eigenvalue weighted by molar-refractivity contribution is -0.142. The van der Waals surface area contributed by atoms with Crippen molar-refractivity contribution in [2.45, 2.75) is 24.7 Å². The van der Waals surface area contributed by atoms with Crippen LogP contribution in [0.2, 0.25) is 0 Å². The van der Waals surface area contributed by atoms with Gasteiger partial charge in [-0.2, -0.15) is 0 Å². The molecule has 1 aliphatic carbocycles. The van der Waals surface area contributed by atoms with Crippen LogP contribution in [0.1, 0.15) is 34.9 Å². The van der Waals surface area contributed by atoms with Crippen molar-refractivity contribution in [3.05, 3.63) is 71.3 Å². The van der Waals surface area contributed by atoms with Gasteiger partial charge in [-0.25, -0.2) is 0 Å². The summed E-state index contributed by atoms with van der Waals surface area (Å²) in [5.74, 6) is -1.55. The summed E-state index contributed by atoms with van der Waals surface area (Å²) >= 11 is 0. The molecule has 4 rings (SSSR count). The maximum atomic E-state index is 13.1. The molecule has 2 aromatic rings. The smallest absolute Gasteiger partial charge is 0.308 e. The molecule has 1 saturated heterocycles. The van der Waals surface area contributed by atoms with Gasteiger partial charge in [0.1, 0.15) is 0 Å². The van der Waals surface area contributed by atoms with Gasteiger partial charge in [-0.15, -0.1) is 0 Å². The van der Waals surface area contributed by atoms with Crippen LogP contribution in [0.25, 0.3) is 0 Å². The molecule has 1 fully saturated rings. The van der Waals surface area contributed by atoms with E-state index in [0.29, 0.717) is 13.1 Å². The number of aryl methyl sites for hydroxylation is 1. The topological polar surface area (TPSA) is 57.6 Å². The molecule has 0 aromatic heterocycles. The predicted molar refractivity (Wildman–Crippen MR) is 94.4 cm³/mol. The number of fused-ring (bicyclic) bond motifs is 1. The lowest BCUT2D eigenvalue weighted by atomic mass is 9.89. The summed E-state index contributed by atoms with van der Waals surface area (Å²) in [4.78, 5) is 26.6. The molecule has 0 radical (unpaired) electrons. The molecule has 1 N–H and O–H groups in total. The van der Waals surface area contributed by atoms with Gasteiger partial charge >= 0.3 is 5.97 Å². The van der Waals surface area contributed by atoms with E-state index in [9.17, 15) is 14.7 Å². The average Bonchev–Trinajstić information content (AvgIpc) is 3.27. The predicted octanol–water partition coefficient (Wildman–Crippen LogP) is 3.04. The highest BCUT2D eigenvalue weighted by Gasteiger charge is 2.43. The van der Waals surface area contributed by atoms with Crippen molar-refractivity contribution in [3.8, 4) is 0 Å². The van der Waals surface area contributed by atoms with Gasteiger partial charge in [0.25, 0.3) is 0 Å². The number of carbonyl (C=O) groups excluding carboxylic acids is 1. The van der Waals surface area contributed by atoms with Crippen LogP contribution in [-0.2, 0) is 16.0 Å². The zero-order valence-corrected chi connectivity index (χ0v) is 14.0. The quantitative estimate of drug-likeness (QED) is 0.938. The van der Waals surface area contributed by atoms with Crippen LogP contribution >= 0.6 is 0 Å². The molecule has 25 heavy (non-hydrogen) atoms. The van der Waals surface area contributed by atoms with Crippen LogP contribution < -0.4 is 0 Å². The number of benzene rings is 2. The number of rotatable bonds is 3. The SMILES string of the molecule is O=C(O)[C@@H]1CN(C(=O)C2CCc3ccccc32)C[C@@H]1c1ccccc1. The molecule has 4 heteroatoms. The Morgan fingerprint density at radius 1 is 0.960 bits per heavy atom. The number of nitrogens with zero attached hydrogens (tertiary/aromatic N) is 1. The number of carboxylic acid groups (broad SMARTS) is 1. The minimum absolute atomic E-state index is 0.0784. The van der Waals surface area contributed by atoms with Crippen molar-refractivity contribution in [3.63, 3.8) is 0 Å². The van der Waals surface area contributed by atoms with Gasteiger partial charge in [-0.1, -0.05) is 54.6 Å². The van der Waals surface area contributed by atoms with Crippen molar-refractivity contribution in [2.75, 3.05) is 13.1 Å². The zero-order valence-electron chi connectivity index (χ0n) is 14.0. The molecule has 1 unspecified atom stereocenters. The summed E-state index contributed by atoms with van der Waals surface area (Å²) in [6, 6.07) is 17.8. The van der Waals surface area contributed by atoms with Crippen LogP contribution in [-0.4, -0.2) is 35.0 Å². The van der Waals surface area contributed by atoms with E-state index >= 15 is 0 Å². The first kappa shape index (κ1) is 15.9. The van der Waals surface area contributed by atoms with Crippen molar-refractivity contribution in [1.29, 1.82) is 0 Å². The third-order valence-corrected chi connectivity index (χ3v) is 5.61. The van der Waals surface area contributed by atoms with Gasteiger partial charge in [-0.05, 0) is 29.5 Å². The van der Waals surface area contributed by atoms with Gasteiger partial charge in [0.2, 0.25) is 5.91 Å². The van der Waals surface area contributed by atoms with Crippen LogP contribution in [0, 0.1) is 5.92 Å². The standard InChI is InChI=1S/C21H21NO3/c23-20(17-11-10-15-8-4-5-9-16(15)17)22-12-18(19(13-22)21(24)25)14-6-2-1-3-7-14/h1-9,17-19H,10-13H2,(H,24,25)/t17?,18-,19-/m1/s1. The summed E-state index contributed by atoms with van der Waals surface area (Å²) in [5.41, 5.74) is 3.36. The number of carboxylic acids is 1. The highest BCUT2D eigenvalue weighted by Crippen LogP contribution is 2.38. The Labute approximate surface area is 147 Å². The molecule has 2 aliphatic rings. The van der Waals surface area contributed by atoms with Gasteiger partial charge in [0.05, 0.1) is 11.8 Å². The van der Waals surface area contributed by atoms with Gasteiger partial charge in [-0.3, -0.25) is 9.59 Å². The first-order valence-corrected chi connectivity index (χ1v) is 8.79. The van der Waals surface area contributed by atoms with Crippen LogP contribution in [0.5, 0.6) is 0 Å². The number of hydrogen-bond acceptors (Lipinski definition) is 2. The fraction of sp³-hybridized carbons (Fsp3) is 0.333. The molecule has 3 atom stereocenters. The van der Waals surface area contributed by atoms with Crippen molar-refractivity contribution >= 4 is 11.9 Å². The summed E-state index contributed by atoms with van der Waals surface area (Å²) in [6.07, 6.45) is 1.74. The first-order valence-electron chi connectivity index (χ1n) is 8.79. The molecule has 1 amide bonds. The summed E-state index contributed by atoms with van der Waals surface area (Å²) in [6.45, 7) is 0.783. The van der Waals surface area contributed by atoms with Crippen LogP contribution in [0.4, 0.5) is 0 Å². The van der Waals surface area contributed by atoms with Gasteiger partial charge in [0.15, 0.2) is 0 Å². The lowest BCUT2D eigenvalue weighted by Crippen LogP contribution is -2.33. The maximum Gasteiger partial charge on any atom is 0.308 e. The van der Waals surface area contributed by atoms with Crippen LogP contribution in [0.3, 0.4) is 0 Å². The first-order chi connectivity index (χ1) is 12.1. The minimum atomic E-state index is -0.823. The van der Waals surface area contributed by atoms with Crippen molar-refractivity contribution in [2.24, 2.45) is 5.92 Å². The molecule has 4 nitrogen and oxygen atoms in total. The fourth-order valence-corrected chi connectivity index (χ4v) is 4.31. The van der Waals surface area contributed by atoms with E-state index in [-0.39, 0.29) is 17.7 Å². The molecule has 0 saturated carbocycles. The average molecular weight is 335 g/mol. The maximum absolute atomic E-state index is 13.1. The van der Waals surface area contributed by atoms with E-state index in [1.54, 1.807) is 4.90 Å². The van der Waals surface area contributed by atoms with E-state index in [0.717, 1.165) is 24.0 Å². The Kier molecular flexibility index (Phi) is 4.04. The summed E-state index contributed by atoms with van der Waals surface area (Å²) in [7, 11) is 0. The van der Waals surface area contributed by atoms with E-state index in [2.05, 4.69) is 6.07 Å². The molecule has 1 aliphatic heterocycles. The van der Waals surface area contributed by atoms with E-state index < -0.39 is 11.9 Å². The molecule has 0 bridgehead atoms. The summed E-state index contributed by atoms with van der Waals surface area (Å²) < 4.78 is 0. The molecule has 1 heterocycles. The fourth-order valence-electron chi connectivity index (χ4n) is 4.31. The van der Waals surface area contributed by atoms with Gasteiger partial charge in [0, 0.05) is 19.0 Å². The van der Waals surface area contributed by atoms with E-state index in [4.69, 9.17) is 0 Å². The third-order valence-electron chi connectivity index (χ3n) is 5.61. The second-order valence-electron chi connectivity index (χ2n) is 7.00.